The van der Waals surface area contributed by atoms with Crippen molar-refractivity contribution in [3.05, 3.63) is 71.0 Å². The number of alkyl halides is 1. The molecule has 0 spiro atoms. The van der Waals surface area contributed by atoms with Crippen molar-refractivity contribution in [2.75, 3.05) is 13.2 Å². The van der Waals surface area contributed by atoms with Crippen LogP contribution in [0.2, 0.25) is 0 Å². The molecule has 4 atom stereocenters. The standard InChI is InChI=1S/C21H22F2N2O2/c22-15-7-5-14(6-8-15)20-16-4-2-1-3-13(16)9-10-25(20)21(26)19-11-18(24)17(23)12-27-19/h1-8,17-20H,9-12,24H2/t17-,18+,19+,20-/m0/s1. The van der Waals surface area contributed by atoms with Gasteiger partial charge in [0.25, 0.3) is 5.91 Å². The second-order valence-electron chi connectivity index (χ2n) is 7.17. The minimum Gasteiger partial charge on any atom is -0.365 e. The summed E-state index contributed by atoms with van der Waals surface area (Å²) < 4.78 is 32.5. The molecule has 0 unspecified atom stereocenters. The van der Waals surface area contributed by atoms with Crippen molar-refractivity contribution in [1.29, 1.82) is 0 Å². The maximum absolute atomic E-state index is 13.6. The number of hydrogen-bond donors (Lipinski definition) is 1. The third-order valence-electron chi connectivity index (χ3n) is 5.44. The molecule has 2 aliphatic heterocycles. The van der Waals surface area contributed by atoms with Crippen molar-refractivity contribution in [1.82, 2.24) is 4.90 Å². The van der Waals surface area contributed by atoms with Crippen molar-refractivity contribution in [3.63, 3.8) is 0 Å². The van der Waals surface area contributed by atoms with Crippen LogP contribution in [0, 0.1) is 5.82 Å². The van der Waals surface area contributed by atoms with Crippen LogP contribution in [-0.4, -0.2) is 42.3 Å². The highest BCUT2D eigenvalue weighted by atomic mass is 19.1. The Hall–Kier alpha value is -2.31. The van der Waals surface area contributed by atoms with Gasteiger partial charge in [0.15, 0.2) is 0 Å². The fourth-order valence-corrected chi connectivity index (χ4v) is 3.96. The van der Waals surface area contributed by atoms with E-state index < -0.39 is 18.3 Å². The van der Waals surface area contributed by atoms with E-state index in [1.807, 2.05) is 24.3 Å². The van der Waals surface area contributed by atoms with Crippen LogP contribution < -0.4 is 5.73 Å². The molecule has 1 fully saturated rings. The largest absolute Gasteiger partial charge is 0.365 e. The van der Waals surface area contributed by atoms with Crippen LogP contribution in [0.15, 0.2) is 48.5 Å². The smallest absolute Gasteiger partial charge is 0.252 e. The predicted molar refractivity (Wildman–Crippen MR) is 97.3 cm³/mol. The van der Waals surface area contributed by atoms with Gasteiger partial charge in [0.05, 0.1) is 12.6 Å². The van der Waals surface area contributed by atoms with Crippen LogP contribution in [0.4, 0.5) is 8.78 Å². The Labute approximate surface area is 156 Å². The zero-order valence-electron chi connectivity index (χ0n) is 14.9. The highest BCUT2D eigenvalue weighted by Gasteiger charge is 2.39. The fourth-order valence-electron chi connectivity index (χ4n) is 3.96. The van der Waals surface area contributed by atoms with Gasteiger partial charge >= 0.3 is 0 Å². The summed E-state index contributed by atoms with van der Waals surface area (Å²) in [6.45, 7) is 0.356. The Morgan fingerprint density at radius 3 is 2.63 bits per heavy atom. The van der Waals surface area contributed by atoms with E-state index in [1.165, 1.54) is 17.7 Å². The molecule has 0 aliphatic carbocycles. The topological polar surface area (TPSA) is 55.6 Å². The summed E-state index contributed by atoms with van der Waals surface area (Å²) in [5, 5.41) is 0. The molecule has 2 heterocycles. The van der Waals surface area contributed by atoms with E-state index in [0.717, 1.165) is 17.5 Å². The minimum absolute atomic E-state index is 0.161. The number of carbonyl (C=O) groups is 1. The Morgan fingerprint density at radius 1 is 1.15 bits per heavy atom. The molecule has 27 heavy (non-hydrogen) atoms. The number of halogens is 2. The van der Waals surface area contributed by atoms with Gasteiger partial charge in [-0.25, -0.2) is 8.78 Å². The first-order valence-corrected chi connectivity index (χ1v) is 9.19. The molecule has 4 rings (SSSR count). The molecule has 1 amide bonds. The Bertz CT molecular complexity index is 827. The van der Waals surface area contributed by atoms with Crippen molar-refractivity contribution in [2.45, 2.75) is 37.2 Å². The summed E-state index contributed by atoms with van der Waals surface area (Å²) in [5.74, 6) is -0.516. The van der Waals surface area contributed by atoms with Gasteiger partial charge in [-0.3, -0.25) is 4.79 Å². The van der Waals surface area contributed by atoms with Crippen LogP contribution in [0.25, 0.3) is 0 Å². The molecule has 0 bridgehead atoms. The second kappa shape index (κ2) is 7.37. The number of ether oxygens (including phenoxy) is 1. The quantitative estimate of drug-likeness (QED) is 0.882. The lowest BCUT2D eigenvalue weighted by molar-refractivity contribution is -0.152. The molecule has 2 aromatic rings. The first-order chi connectivity index (χ1) is 13.0. The van der Waals surface area contributed by atoms with Gasteiger partial charge in [-0.05, 0) is 35.2 Å². The lowest BCUT2D eigenvalue weighted by Gasteiger charge is -2.41. The van der Waals surface area contributed by atoms with Gasteiger partial charge in [0, 0.05) is 19.0 Å². The molecule has 0 saturated carbocycles. The molecule has 0 aromatic heterocycles. The number of amides is 1. The van der Waals surface area contributed by atoms with Crippen LogP contribution in [0.1, 0.15) is 29.2 Å². The lowest BCUT2D eigenvalue weighted by atomic mass is 9.87. The third kappa shape index (κ3) is 3.47. The second-order valence-corrected chi connectivity index (χ2v) is 7.17. The lowest BCUT2D eigenvalue weighted by Crippen LogP contribution is -2.52. The van der Waals surface area contributed by atoms with Gasteiger partial charge < -0.3 is 15.4 Å². The van der Waals surface area contributed by atoms with Crippen molar-refractivity contribution >= 4 is 5.91 Å². The SMILES string of the molecule is N[C@@H]1C[C@H](C(=O)N2CCc3ccccc3[C@@H]2c2ccc(F)cc2)OC[C@@H]1F. The highest BCUT2D eigenvalue weighted by Crippen LogP contribution is 2.36. The first-order valence-electron chi connectivity index (χ1n) is 9.19. The number of nitrogens with zero attached hydrogens (tertiary/aromatic N) is 1. The van der Waals surface area contributed by atoms with E-state index in [4.69, 9.17) is 10.5 Å². The summed E-state index contributed by atoms with van der Waals surface area (Å²) in [4.78, 5) is 15.0. The van der Waals surface area contributed by atoms with E-state index in [9.17, 15) is 13.6 Å². The monoisotopic (exact) mass is 372 g/mol. The molecule has 1 saturated heterocycles. The number of fused-ring (bicyclic) bond motifs is 1. The van der Waals surface area contributed by atoms with Crippen LogP contribution >= 0.6 is 0 Å². The minimum atomic E-state index is -1.25. The zero-order valence-corrected chi connectivity index (χ0v) is 14.9. The molecule has 2 aromatic carbocycles. The fraction of sp³-hybridized carbons (Fsp3) is 0.381. The van der Waals surface area contributed by atoms with Gasteiger partial charge in [-0.1, -0.05) is 36.4 Å². The molecule has 4 nitrogen and oxygen atoms in total. The zero-order chi connectivity index (χ0) is 19.0. The number of carbonyl (C=O) groups excluding carboxylic acids is 1. The molecule has 2 N–H and O–H groups in total. The molecule has 0 radical (unpaired) electrons. The summed E-state index contributed by atoms with van der Waals surface area (Å²) >= 11 is 0. The van der Waals surface area contributed by atoms with Gasteiger partial charge in [0.1, 0.15) is 18.1 Å². The van der Waals surface area contributed by atoms with Crippen molar-refractivity contribution in [3.8, 4) is 0 Å². The average Bonchev–Trinajstić information content (AvgIpc) is 2.69. The van der Waals surface area contributed by atoms with Crippen LogP contribution in [0.3, 0.4) is 0 Å². The van der Waals surface area contributed by atoms with Crippen molar-refractivity contribution in [2.24, 2.45) is 5.73 Å². The number of benzene rings is 2. The van der Waals surface area contributed by atoms with E-state index in [0.29, 0.717) is 6.54 Å². The molecule has 142 valence electrons. The Kier molecular flexibility index (Phi) is 4.93. The number of hydrogen-bond acceptors (Lipinski definition) is 3. The van der Waals surface area contributed by atoms with Gasteiger partial charge in [0.2, 0.25) is 0 Å². The maximum atomic E-state index is 13.6. The number of nitrogens with two attached hydrogens (primary N) is 1. The Balaban J connectivity index is 1.68. The average molecular weight is 372 g/mol. The summed E-state index contributed by atoms with van der Waals surface area (Å²) in [7, 11) is 0. The Morgan fingerprint density at radius 2 is 1.89 bits per heavy atom. The van der Waals surface area contributed by atoms with E-state index in [2.05, 4.69) is 0 Å². The summed E-state index contributed by atoms with van der Waals surface area (Å²) in [6.07, 6.45) is -1.11. The number of rotatable bonds is 2. The molecular formula is C21H22F2N2O2. The maximum Gasteiger partial charge on any atom is 0.252 e. The van der Waals surface area contributed by atoms with Crippen LogP contribution in [0.5, 0.6) is 0 Å². The van der Waals surface area contributed by atoms with Gasteiger partial charge in [-0.2, -0.15) is 0 Å². The molecular weight excluding hydrogens is 350 g/mol. The summed E-state index contributed by atoms with van der Waals surface area (Å²) in [6, 6.07) is 13.1. The van der Waals surface area contributed by atoms with E-state index >= 15 is 0 Å². The van der Waals surface area contributed by atoms with Gasteiger partial charge in [-0.15, -0.1) is 0 Å². The van der Waals surface area contributed by atoms with E-state index in [-0.39, 0.29) is 30.8 Å². The summed E-state index contributed by atoms with van der Waals surface area (Å²) in [5.41, 5.74) is 8.83. The molecule has 6 heteroatoms. The highest BCUT2D eigenvalue weighted by molar-refractivity contribution is 5.82. The van der Waals surface area contributed by atoms with E-state index in [1.54, 1.807) is 17.0 Å². The predicted octanol–water partition coefficient (Wildman–Crippen LogP) is 2.75. The first kappa shape index (κ1) is 18.1. The van der Waals surface area contributed by atoms with Crippen LogP contribution in [-0.2, 0) is 16.0 Å². The molecule has 2 aliphatic rings. The van der Waals surface area contributed by atoms with Crippen molar-refractivity contribution < 1.29 is 18.3 Å². The third-order valence-corrected chi connectivity index (χ3v) is 5.44. The normalized spacial score (nSPS) is 27.9.